The maximum absolute atomic E-state index is 13.1. The molecule has 0 radical (unpaired) electrons. The van der Waals surface area contributed by atoms with E-state index in [2.05, 4.69) is 19.2 Å². The quantitative estimate of drug-likeness (QED) is 0.800. The standard InChI is InChI=1S/C14H22FNO/c1-10(2)14(7-8-17)16-11(3)12-5-4-6-13(15)9-12/h4-6,9-11,14,16-17H,7-8H2,1-3H3. The number of halogens is 1. The van der Waals surface area contributed by atoms with Gasteiger partial charge in [0, 0.05) is 18.7 Å². The topological polar surface area (TPSA) is 32.3 Å². The normalized spacial score (nSPS) is 14.9. The molecule has 0 fully saturated rings. The predicted octanol–water partition coefficient (Wildman–Crippen LogP) is 2.88. The molecule has 2 unspecified atom stereocenters. The number of rotatable bonds is 6. The fourth-order valence-electron chi connectivity index (χ4n) is 1.94. The van der Waals surface area contributed by atoms with E-state index in [0.29, 0.717) is 5.92 Å². The van der Waals surface area contributed by atoms with Crippen LogP contribution in [0.4, 0.5) is 4.39 Å². The first kappa shape index (κ1) is 14.1. The lowest BCUT2D eigenvalue weighted by molar-refractivity contribution is 0.237. The van der Waals surface area contributed by atoms with Crippen molar-refractivity contribution in [2.45, 2.75) is 39.3 Å². The molecule has 3 heteroatoms. The summed E-state index contributed by atoms with van der Waals surface area (Å²) in [5.74, 6) is 0.234. The summed E-state index contributed by atoms with van der Waals surface area (Å²) in [5, 5.41) is 12.4. The van der Waals surface area contributed by atoms with E-state index in [9.17, 15) is 4.39 Å². The molecular formula is C14H22FNO. The Hall–Kier alpha value is -0.930. The fourth-order valence-corrected chi connectivity index (χ4v) is 1.94. The second-order valence-electron chi connectivity index (χ2n) is 4.81. The minimum absolute atomic E-state index is 0.0876. The molecule has 2 atom stereocenters. The Morgan fingerprint density at radius 1 is 1.29 bits per heavy atom. The molecule has 0 aliphatic carbocycles. The summed E-state index contributed by atoms with van der Waals surface area (Å²) in [4.78, 5) is 0. The monoisotopic (exact) mass is 239 g/mol. The van der Waals surface area contributed by atoms with E-state index in [-0.39, 0.29) is 24.5 Å². The van der Waals surface area contributed by atoms with E-state index in [1.165, 1.54) is 6.07 Å². The molecule has 0 saturated carbocycles. The van der Waals surface area contributed by atoms with E-state index in [1.54, 1.807) is 12.1 Å². The van der Waals surface area contributed by atoms with Crippen LogP contribution in [0.1, 0.15) is 38.8 Å². The largest absolute Gasteiger partial charge is 0.396 e. The molecule has 0 amide bonds. The van der Waals surface area contributed by atoms with Crippen LogP contribution in [0.3, 0.4) is 0 Å². The third-order valence-electron chi connectivity index (χ3n) is 3.06. The summed E-state index contributed by atoms with van der Waals surface area (Å²) in [6.07, 6.45) is 0.720. The zero-order chi connectivity index (χ0) is 12.8. The van der Waals surface area contributed by atoms with Crippen LogP contribution in [0.25, 0.3) is 0 Å². The van der Waals surface area contributed by atoms with Crippen LogP contribution in [0.2, 0.25) is 0 Å². The van der Waals surface area contributed by atoms with Crippen molar-refractivity contribution in [1.29, 1.82) is 0 Å². The van der Waals surface area contributed by atoms with E-state index >= 15 is 0 Å². The van der Waals surface area contributed by atoms with Crippen LogP contribution in [0.5, 0.6) is 0 Å². The Labute approximate surface area is 103 Å². The van der Waals surface area contributed by atoms with Gasteiger partial charge >= 0.3 is 0 Å². The number of hydrogen-bond donors (Lipinski definition) is 2. The van der Waals surface area contributed by atoms with Gasteiger partial charge in [-0.05, 0) is 37.0 Å². The molecule has 1 aromatic rings. The Kier molecular flexibility index (Phi) is 5.59. The van der Waals surface area contributed by atoms with Crippen LogP contribution < -0.4 is 5.32 Å². The Morgan fingerprint density at radius 2 is 2.00 bits per heavy atom. The Morgan fingerprint density at radius 3 is 2.53 bits per heavy atom. The first-order valence-corrected chi connectivity index (χ1v) is 6.17. The number of nitrogens with one attached hydrogen (secondary N) is 1. The third-order valence-corrected chi connectivity index (χ3v) is 3.06. The zero-order valence-electron chi connectivity index (χ0n) is 10.8. The minimum Gasteiger partial charge on any atom is -0.396 e. The Balaban J connectivity index is 2.66. The van der Waals surface area contributed by atoms with Crippen molar-refractivity contribution < 1.29 is 9.50 Å². The van der Waals surface area contributed by atoms with Gasteiger partial charge in [-0.2, -0.15) is 0 Å². The van der Waals surface area contributed by atoms with Gasteiger partial charge in [-0.25, -0.2) is 4.39 Å². The highest BCUT2D eigenvalue weighted by atomic mass is 19.1. The average Bonchev–Trinajstić information content (AvgIpc) is 2.28. The van der Waals surface area contributed by atoms with Gasteiger partial charge in [0.2, 0.25) is 0 Å². The van der Waals surface area contributed by atoms with Crippen molar-refractivity contribution in [1.82, 2.24) is 5.32 Å². The van der Waals surface area contributed by atoms with Gasteiger partial charge in [-0.3, -0.25) is 0 Å². The lowest BCUT2D eigenvalue weighted by atomic mass is 9.98. The van der Waals surface area contributed by atoms with Gasteiger partial charge in [-0.15, -0.1) is 0 Å². The molecule has 2 nitrogen and oxygen atoms in total. The van der Waals surface area contributed by atoms with E-state index in [4.69, 9.17) is 5.11 Å². The molecule has 1 rings (SSSR count). The number of hydrogen-bond acceptors (Lipinski definition) is 2. The van der Waals surface area contributed by atoms with Crippen LogP contribution in [0.15, 0.2) is 24.3 Å². The molecule has 1 aromatic carbocycles. The molecule has 2 N–H and O–H groups in total. The smallest absolute Gasteiger partial charge is 0.123 e. The van der Waals surface area contributed by atoms with Crippen molar-refractivity contribution in [2.75, 3.05) is 6.61 Å². The summed E-state index contributed by atoms with van der Waals surface area (Å²) in [6.45, 7) is 6.42. The fraction of sp³-hybridized carbons (Fsp3) is 0.571. The zero-order valence-corrected chi connectivity index (χ0v) is 10.8. The molecule has 0 bridgehead atoms. The van der Waals surface area contributed by atoms with E-state index < -0.39 is 0 Å². The first-order valence-electron chi connectivity index (χ1n) is 6.17. The van der Waals surface area contributed by atoms with Crippen molar-refractivity contribution in [3.8, 4) is 0 Å². The number of aliphatic hydroxyl groups excluding tert-OH is 1. The summed E-state index contributed by atoms with van der Waals surface area (Å²) in [6, 6.07) is 6.97. The maximum Gasteiger partial charge on any atom is 0.123 e. The van der Waals surface area contributed by atoms with Crippen molar-refractivity contribution in [2.24, 2.45) is 5.92 Å². The lowest BCUT2D eigenvalue weighted by Gasteiger charge is -2.26. The van der Waals surface area contributed by atoms with Crippen LogP contribution in [0, 0.1) is 11.7 Å². The molecule has 0 spiro atoms. The highest BCUT2D eigenvalue weighted by Gasteiger charge is 2.16. The van der Waals surface area contributed by atoms with Crippen LogP contribution in [-0.2, 0) is 0 Å². The van der Waals surface area contributed by atoms with Gasteiger partial charge in [0.05, 0.1) is 0 Å². The van der Waals surface area contributed by atoms with Gasteiger partial charge < -0.3 is 10.4 Å². The predicted molar refractivity (Wildman–Crippen MR) is 68.3 cm³/mol. The second-order valence-corrected chi connectivity index (χ2v) is 4.81. The lowest BCUT2D eigenvalue weighted by Crippen LogP contribution is -2.36. The second kappa shape index (κ2) is 6.72. The molecular weight excluding hydrogens is 217 g/mol. The Bertz CT molecular complexity index is 341. The van der Waals surface area contributed by atoms with Gasteiger partial charge in [0.1, 0.15) is 5.82 Å². The molecule has 96 valence electrons. The molecule has 0 heterocycles. The molecule has 0 aromatic heterocycles. The van der Waals surface area contributed by atoms with Crippen molar-refractivity contribution >= 4 is 0 Å². The summed E-state index contributed by atoms with van der Waals surface area (Å²) in [7, 11) is 0. The summed E-state index contributed by atoms with van der Waals surface area (Å²) in [5.41, 5.74) is 0.939. The molecule has 0 saturated heterocycles. The van der Waals surface area contributed by atoms with Crippen LogP contribution in [-0.4, -0.2) is 17.8 Å². The highest BCUT2D eigenvalue weighted by molar-refractivity contribution is 5.19. The molecule has 0 aliphatic heterocycles. The number of aliphatic hydroxyl groups is 1. The van der Waals surface area contributed by atoms with Gasteiger partial charge in [0.15, 0.2) is 0 Å². The van der Waals surface area contributed by atoms with Gasteiger partial charge in [0.25, 0.3) is 0 Å². The molecule has 0 aliphatic rings. The van der Waals surface area contributed by atoms with E-state index in [1.807, 2.05) is 13.0 Å². The van der Waals surface area contributed by atoms with E-state index in [0.717, 1.165) is 12.0 Å². The minimum atomic E-state index is -0.209. The SMILES string of the molecule is CC(NC(CCO)C(C)C)c1cccc(F)c1. The van der Waals surface area contributed by atoms with Crippen molar-refractivity contribution in [3.05, 3.63) is 35.6 Å². The third kappa shape index (κ3) is 4.44. The first-order chi connectivity index (χ1) is 8.04. The average molecular weight is 239 g/mol. The van der Waals surface area contributed by atoms with Crippen LogP contribution >= 0.6 is 0 Å². The van der Waals surface area contributed by atoms with Gasteiger partial charge in [-0.1, -0.05) is 26.0 Å². The number of benzene rings is 1. The summed E-state index contributed by atoms with van der Waals surface area (Å²) >= 11 is 0. The molecule has 17 heavy (non-hydrogen) atoms. The maximum atomic E-state index is 13.1. The van der Waals surface area contributed by atoms with Crippen molar-refractivity contribution in [3.63, 3.8) is 0 Å². The summed E-state index contributed by atoms with van der Waals surface area (Å²) < 4.78 is 13.1. The highest BCUT2D eigenvalue weighted by Crippen LogP contribution is 2.17.